The fraction of sp³-hybridized carbons (Fsp3) is 0.235. The van der Waals surface area contributed by atoms with E-state index < -0.39 is 0 Å². The van der Waals surface area contributed by atoms with Gasteiger partial charge in [0, 0.05) is 30.0 Å². The van der Waals surface area contributed by atoms with E-state index in [-0.39, 0.29) is 0 Å². The molecule has 2 aromatic carbocycles. The van der Waals surface area contributed by atoms with Gasteiger partial charge >= 0.3 is 0 Å². The van der Waals surface area contributed by atoms with Gasteiger partial charge in [-0.15, -0.1) is 0 Å². The molecule has 0 atom stereocenters. The molecule has 1 aliphatic rings. The molecular formula is C17H17N3. The van der Waals surface area contributed by atoms with Crippen molar-refractivity contribution in [1.82, 2.24) is 0 Å². The molecule has 0 fully saturated rings. The molecule has 100 valence electrons. The van der Waals surface area contributed by atoms with Crippen LogP contribution in [0.15, 0.2) is 36.4 Å². The van der Waals surface area contributed by atoms with Gasteiger partial charge in [0.25, 0.3) is 0 Å². The normalized spacial score (nSPS) is 13.1. The molecule has 3 nitrogen and oxygen atoms in total. The summed E-state index contributed by atoms with van der Waals surface area (Å²) in [4.78, 5) is 2.36. The number of benzene rings is 2. The molecule has 0 aliphatic carbocycles. The lowest BCUT2D eigenvalue weighted by Gasteiger charge is -2.21. The summed E-state index contributed by atoms with van der Waals surface area (Å²) >= 11 is 0. The molecular weight excluding hydrogens is 246 g/mol. The van der Waals surface area contributed by atoms with Gasteiger partial charge in [0.05, 0.1) is 11.6 Å². The van der Waals surface area contributed by atoms with Crippen LogP contribution < -0.4 is 10.6 Å². The van der Waals surface area contributed by atoms with Crippen LogP contribution in [0.1, 0.15) is 22.3 Å². The number of nitriles is 1. The molecule has 0 saturated carbocycles. The summed E-state index contributed by atoms with van der Waals surface area (Å²) in [6.45, 7) is 3.93. The highest BCUT2D eigenvalue weighted by molar-refractivity contribution is 5.68. The Bertz CT molecular complexity index is 698. The number of anilines is 2. The van der Waals surface area contributed by atoms with Crippen LogP contribution in [0, 0.1) is 18.3 Å². The minimum atomic E-state index is 0.720. The largest absolute Gasteiger partial charge is 0.398 e. The Hall–Kier alpha value is -2.47. The zero-order chi connectivity index (χ0) is 14.1. The summed E-state index contributed by atoms with van der Waals surface area (Å²) in [5.41, 5.74) is 12.6. The topological polar surface area (TPSA) is 53.0 Å². The van der Waals surface area contributed by atoms with E-state index in [2.05, 4.69) is 30.0 Å². The average Bonchev–Trinajstić information content (AvgIpc) is 2.86. The molecule has 0 aromatic heterocycles. The van der Waals surface area contributed by atoms with Crippen LogP contribution in [0.2, 0.25) is 0 Å². The van der Waals surface area contributed by atoms with Gasteiger partial charge in [0.15, 0.2) is 0 Å². The van der Waals surface area contributed by atoms with E-state index >= 15 is 0 Å². The first-order valence-electron chi connectivity index (χ1n) is 6.81. The highest BCUT2D eigenvalue weighted by Crippen LogP contribution is 2.33. The number of rotatable bonds is 2. The molecule has 0 amide bonds. The minimum absolute atomic E-state index is 0.720. The summed E-state index contributed by atoms with van der Waals surface area (Å²) in [6.07, 6.45) is 1.01. The van der Waals surface area contributed by atoms with Crippen LogP contribution in [-0.2, 0) is 13.0 Å². The predicted octanol–water partition coefficient (Wildman–Crippen LogP) is 3.01. The Morgan fingerprint density at radius 1 is 1.30 bits per heavy atom. The van der Waals surface area contributed by atoms with Crippen LogP contribution in [-0.4, -0.2) is 6.54 Å². The Morgan fingerprint density at radius 3 is 2.90 bits per heavy atom. The zero-order valence-corrected chi connectivity index (χ0v) is 11.6. The van der Waals surface area contributed by atoms with Gasteiger partial charge in [-0.3, -0.25) is 0 Å². The second-order valence-corrected chi connectivity index (χ2v) is 5.27. The lowest BCUT2D eigenvalue weighted by atomic mass is 10.1. The van der Waals surface area contributed by atoms with Gasteiger partial charge in [0.2, 0.25) is 0 Å². The van der Waals surface area contributed by atoms with Crippen molar-refractivity contribution in [3.8, 4) is 6.07 Å². The lowest BCUT2D eigenvalue weighted by Crippen LogP contribution is -2.20. The van der Waals surface area contributed by atoms with E-state index in [1.807, 2.05) is 24.3 Å². The van der Waals surface area contributed by atoms with Crippen LogP contribution in [0.3, 0.4) is 0 Å². The zero-order valence-electron chi connectivity index (χ0n) is 11.6. The van der Waals surface area contributed by atoms with Crippen molar-refractivity contribution in [2.24, 2.45) is 0 Å². The molecule has 3 heteroatoms. The van der Waals surface area contributed by atoms with E-state index in [1.54, 1.807) is 0 Å². The fourth-order valence-corrected chi connectivity index (χ4v) is 2.84. The van der Waals surface area contributed by atoms with Crippen LogP contribution in [0.5, 0.6) is 0 Å². The molecule has 0 spiro atoms. The van der Waals surface area contributed by atoms with Crippen molar-refractivity contribution < 1.29 is 0 Å². The van der Waals surface area contributed by atoms with Crippen molar-refractivity contribution in [2.45, 2.75) is 19.9 Å². The number of nitrogen functional groups attached to an aromatic ring is 1. The third-order valence-corrected chi connectivity index (χ3v) is 3.99. The van der Waals surface area contributed by atoms with Crippen molar-refractivity contribution in [3.05, 3.63) is 58.7 Å². The summed E-state index contributed by atoms with van der Waals surface area (Å²) in [7, 11) is 0. The van der Waals surface area contributed by atoms with Crippen molar-refractivity contribution >= 4 is 11.4 Å². The molecule has 20 heavy (non-hydrogen) atoms. The minimum Gasteiger partial charge on any atom is -0.398 e. The first-order chi connectivity index (χ1) is 9.69. The maximum absolute atomic E-state index is 8.92. The van der Waals surface area contributed by atoms with Crippen molar-refractivity contribution in [1.29, 1.82) is 5.26 Å². The Morgan fingerprint density at radius 2 is 2.15 bits per heavy atom. The van der Waals surface area contributed by atoms with Gasteiger partial charge in [-0.25, -0.2) is 0 Å². The molecule has 0 radical (unpaired) electrons. The SMILES string of the molecule is Cc1cc(C#N)ccc1CN1CCc2c(N)cccc21. The third-order valence-electron chi connectivity index (χ3n) is 3.99. The highest BCUT2D eigenvalue weighted by Gasteiger charge is 2.21. The van der Waals surface area contributed by atoms with E-state index in [0.717, 1.165) is 30.8 Å². The maximum atomic E-state index is 8.92. The molecule has 3 rings (SSSR count). The second-order valence-electron chi connectivity index (χ2n) is 5.27. The summed E-state index contributed by atoms with van der Waals surface area (Å²) in [5, 5.41) is 8.92. The molecule has 2 N–H and O–H groups in total. The summed E-state index contributed by atoms with van der Waals surface area (Å²) in [5.74, 6) is 0. The third kappa shape index (κ3) is 2.10. The van der Waals surface area contributed by atoms with Crippen LogP contribution >= 0.6 is 0 Å². The molecule has 0 unspecified atom stereocenters. The number of hydrogen-bond donors (Lipinski definition) is 1. The standard InChI is InChI=1S/C17H17N3/c1-12-9-13(10-18)5-6-14(12)11-20-8-7-15-16(19)3-2-4-17(15)20/h2-6,9H,7-8,11,19H2,1H3. The summed E-state index contributed by atoms with van der Waals surface area (Å²) in [6, 6.07) is 14.2. The van der Waals surface area contributed by atoms with Gasteiger partial charge in [-0.2, -0.15) is 5.26 Å². The Kier molecular flexibility index (Phi) is 3.08. The van der Waals surface area contributed by atoms with Gasteiger partial charge in [-0.05, 0) is 48.7 Å². The first-order valence-corrected chi connectivity index (χ1v) is 6.81. The van der Waals surface area contributed by atoms with Gasteiger partial charge in [0.1, 0.15) is 0 Å². The lowest BCUT2D eigenvalue weighted by molar-refractivity contribution is 0.831. The Balaban J connectivity index is 1.88. The monoisotopic (exact) mass is 263 g/mol. The molecule has 1 heterocycles. The molecule has 1 aliphatic heterocycles. The number of aryl methyl sites for hydroxylation is 1. The van der Waals surface area contributed by atoms with E-state index in [4.69, 9.17) is 11.0 Å². The predicted molar refractivity (Wildman–Crippen MR) is 81.5 cm³/mol. The summed E-state index contributed by atoms with van der Waals surface area (Å²) < 4.78 is 0. The first kappa shape index (κ1) is 12.6. The smallest absolute Gasteiger partial charge is 0.0991 e. The van der Waals surface area contributed by atoms with E-state index in [9.17, 15) is 0 Å². The van der Waals surface area contributed by atoms with Gasteiger partial charge in [-0.1, -0.05) is 12.1 Å². The molecule has 0 saturated heterocycles. The quantitative estimate of drug-likeness (QED) is 0.847. The number of nitrogens with zero attached hydrogens (tertiary/aromatic N) is 2. The Labute approximate surface area is 119 Å². The van der Waals surface area contributed by atoms with E-state index in [1.165, 1.54) is 22.4 Å². The maximum Gasteiger partial charge on any atom is 0.0991 e. The van der Waals surface area contributed by atoms with Gasteiger partial charge < -0.3 is 10.6 Å². The molecule has 0 bridgehead atoms. The number of hydrogen-bond acceptors (Lipinski definition) is 3. The van der Waals surface area contributed by atoms with E-state index in [0.29, 0.717) is 0 Å². The average molecular weight is 263 g/mol. The van der Waals surface area contributed by atoms with Crippen molar-refractivity contribution in [3.63, 3.8) is 0 Å². The number of nitrogens with two attached hydrogens (primary N) is 1. The fourth-order valence-electron chi connectivity index (χ4n) is 2.84. The highest BCUT2D eigenvalue weighted by atomic mass is 15.1. The second kappa shape index (κ2) is 4.90. The van der Waals surface area contributed by atoms with Crippen LogP contribution in [0.4, 0.5) is 11.4 Å². The number of fused-ring (bicyclic) bond motifs is 1. The van der Waals surface area contributed by atoms with Crippen LogP contribution in [0.25, 0.3) is 0 Å². The molecule has 2 aromatic rings. The van der Waals surface area contributed by atoms with Crippen molar-refractivity contribution in [2.75, 3.05) is 17.2 Å².